The van der Waals surface area contributed by atoms with E-state index in [4.69, 9.17) is 10.5 Å². The Labute approximate surface area is 171 Å². The van der Waals surface area contributed by atoms with Crippen molar-refractivity contribution in [2.75, 3.05) is 31.2 Å². The van der Waals surface area contributed by atoms with Gasteiger partial charge in [-0.3, -0.25) is 14.3 Å². The third-order valence-corrected chi connectivity index (χ3v) is 5.48. The molecular weight excluding hydrogens is 385 g/mol. The molecule has 2 N–H and O–H groups in total. The Morgan fingerprint density at radius 3 is 2.73 bits per heavy atom. The summed E-state index contributed by atoms with van der Waals surface area (Å²) in [5.74, 6) is -0.477. The molecule has 0 bridgehead atoms. The van der Waals surface area contributed by atoms with E-state index in [2.05, 4.69) is 14.9 Å². The van der Waals surface area contributed by atoms with Crippen LogP contribution in [0, 0.1) is 12.7 Å². The maximum atomic E-state index is 15.1. The minimum absolute atomic E-state index is 0.314. The fourth-order valence-electron chi connectivity index (χ4n) is 4.08. The zero-order valence-corrected chi connectivity index (χ0v) is 16.4. The van der Waals surface area contributed by atoms with Crippen LogP contribution in [0.1, 0.15) is 16.2 Å². The molecule has 30 heavy (non-hydrogen) atoms. The van der Waals surface area contributed by atoms with Gasteiger partial charge in [-0.1, -0.05) is 18.2 Å². The second-order valence-electron chi connectivity index (χ2n) is 7.29. The highest BCUT2D eigenvalue weighted by Crippen LogP contribution is 2.33. The molecule has 0 radical (unpaired) electrons. The van der Waals surface area contributed by atoms with E-state index in [9.17, 15) is 4.79 Å². The number of aromatic nitrogens is 3. The van der Waals surface area contributed by atoms with Crippen LogP contribution < -0.4 is 10.6 Å². The lowest BCUT2D eigenvalue weighted by atomic mass is 10.1. The zero-order valence-electron chi connectivity index (χ0n) is 16.4. The maximum Gasteiger partial charge on any atom is 0.251 e. The first-order valence-electron chi connectivity index (χ1n) is 9.74. The van der Waals surface area contributed by atoms with E-state index in [0.717, 1.165) is 5.69 Å². The number of ether oxygens (including phenoxy) is 1. The third kappa shape index (κ3) is 2.88. The highest BCUT2D eigenvalue weighted by molar-refractivity contribution is 6.06. The van der Waals surface area contributed by atoms with Crippen molar-refractivity contribution < 1.29 is 13.9 Å². The summed E-state index contributed by atoms with van der Waals surface area (Å²) in [5.41, 5.74) is 8.94. The first-order chi connectivity index (χ1) is 14.5. The molecule has 1 aliphatic heterocycles. The van der Waals surface area contributed by atoms with Crippen LogP contribution in [-0.4, -0.2) is 46.7 Å². The van der Waals surface area contributed by atoms with Gasteiger partial charge in [0.2, 0.25) is 0 Å². The van der Waals surface area contributed by atoms with Crippen molar-refractivity contribution in [2.24, 2.45) is 5.73 Å². The number of para-hydroxylation sites is 1. The second-order valence-corrected chi connectivity index (χ2v) is 7.29. The number of hydrogen-bond acceptors (Lipinski definition) is 5. The molecule has 1 fully saturated rings. The summed E-state index contributed by atoms with van der Waals surface area (Å²) in [4.78, 5) is 23.1. The summed E-state index contributed by atoms with van der Waals surface area (Å²) >= 11 is 0. The highest BCUT2D eigenvalue weighted by atomic mass is 19.1. The number of nitrogens with two attached hydrogens (primary N) is 1. The number of anilines is 1. The first-order valence-corrected chi connectivity index (χ1v) is 9.74. The van der Waals surface area contributed by atoms with Crippen LogP contribution in [0.3, 0.4) is 0 Å². The van der Waals surface area contributed by atoms with Crippen molar-refractivity contribution >= 4 is 33.5 Å². The standard InChI is InChI=1S/C22H20FN5O2/c1-13-26-20-16(22(24)29)10-14(27-6-8-30-9-7-27)11-19(20)28(13)21-15-4-2-3-5-18(15)25-12-17(21)23/h2-5,10-12H,6-9H2,1H3,(H2,24,29). The lowest BCUT2D eigenvalue weighted by Crippen LogP contribution is -2.36. The van der Waals surface area contributed by atoms with Crippen LogP contribution in [0.5, 0.6) is 0 Å². The number of morpholine rings is 1. The van der Waals surface area contributed by atoms with E-state index in [1.165, 1.54) is 6.20 Å². The molecule has 3 heterocycles. The quantitative estimate of drug-likeness (QED) is 0.566. The Morgan fingerprint density at radius 1 is 1.20 bits per heavy atom. The number of carbonyl (C=O) groups excluding carboxylic acids is 1. The third-order valence-electron chi connectivity index (χ3n) is 5.48. The predicted molar refractivity (Wildman–Crippen MR) is 113 cm³/mol. The van der Waals surface area contributed by atoms with Crippen molar-refractivity contribution in [1.29, 1.82) is 0 Å². The minimum Gasteiger partial charge on any atom is -0.378 e. The topological polar surface area (TPSA) is 86.3 Å². The molecule has 152 valence electrons. The number of hydrogen-bond donors (Lipinski definition) is 1. The zero-order chi connectivity index (χ0) is 20.8. The summed E-state index contributed by atoms with van der Waals surface area (Å²) in [5, 5.41) is 0.664. The molecular formula is C22H20FN5O2. The number of amides is 1. The van der Waals surface area contributed by atoms with E-state index in [-0.39, 0.29) is 0 Å². The number of aryl methyl sites for hydroxylation is 1. The molecule has 1 saturated heterocycles. The summed E-state index contributed by atoms with van der Waals surface area (Å²) in [7, 11) is 0. The van der Waals surface area contributed by atoms with Crippen LogP contribution in [0.25, 0.3) is 27.6 Å². The Morgan fingerprint density at radius 2 is 1.97 bits per heavy atom. The van der Waals surface area contributed by atoms with Crippen LogP contribution in [0.2, 0.25) is 0 Å². The van der Waals surface area contributed by atoms with Crippen molar-refractivity contribution in [3.63, 3.8) is 0 Å². The lowest BCUT2D eigenvalue weighted by molar-refractivity contribution is 0.100. The molecule has 5 rings (SSSR count). The van der Waals surface area contributed by atoms with Crippen molar-refractivity contribution in [3.05, 3.63) is 59.8 Å². The summed E-state index contributed by atoms with van der Waals surface area (Å²) in [6.45, 7) is 4.39. The highest BCUT2D eigenvalue weighted by Gasteiger charge is 2.22. The maximum absolute atomic E-state index is 15.1. The monoisotopic (exact) mass is 405 g/mol. The fraction of sp³-hybridized carbons (Fsp3) is 0.227. The molecule has 2 aromatic carbocycles. The van der Waals surface area contributed by atoms with E-state index in [1.807, 2.05) is 30.3 Å². The number of halogens is 1. The first kappa shape index (κ1) is 18.5. The van der Waals surface area contributed by atoms with Crippen molar-refractivity contribution in [3.8, 4) is 5.69 Å². The molecule has 2 aromatic heterocycles. The van der Waals surface area contributed by atoms with Gasteiger partial charge >= 0.3 is 0 Å². The number of rotatable bonds is 3. The number of imidazole rings is 1. The molecule has 1 aliphatic rings. The van der Waals surface area contributed by atoms with E-state index in [1.54, 1.807) is 17.6 Å². The fourth-order valence-corrected chi connectivity index (χ4v) is 4.08. The smallest absolute Gasteiger partial charge is 0.251 e. The van der Waals surface area contributed by atoms with Gasteiger partial charge in [-0.2, -0.15) is 0 Å². The van der Waals surface area contributed by atoms with Crippen molar-refractivity contribution in [2.45, 2.75) is 6.92 Å². The molecule has 0 aliphatic carbocycles. The Hall–Kier alpha value is -3.52. The van der Waals surface area contributed by atoms with Gasteiger partial charge in [0.15, 0.2) is 5.82 Å². The molecule has 1 amide bonds. The Balaban J connectivity index is 1.84. The van der Waals surface area contributed by atoms with Gasteiger partial charge in [0, 0.05) is 24.2 Å². The van der Waals surface area contributed by atoms with Crippen molar-refractivity contribution in [1.82, 2.24) is 14.5 Å². The average Bonchev–Trinajstić information content (AvgIpc) is 3.09. The van der Waals surface area contributed by atoms with E-state index < -0.39 is 11.7 Å². The SMILES string of the molecule is Cc1nc2c(C(N)=O)cc(N3CCOCC3)cc2n1-c1c(F)cnc2ccccc12. The van der Waals surface area contributed by atoms with Gasteiger partial charge in [0.05, 0.1) is 41.7 Å². The molecule has 0 unspecified atom stereocenters. The minimum atomic E-state index is -0.570. The number of carbonyl (C=O) groups is 1. The van der Waals surface area contributed by atoms with Gasteiger partial charge in [0.1, 0.15) is 11.3 Å². The summed E-state index contributed by atoms with van der Waals surface area (Å²) < 4.78 is 22.3. The Bertz CT molecular complexity index is 1290. The van der Waals surface area contributed by atoms with E-state index >= 15 is 4.39 Å². The van der Waals surface area contributed by atoms with Crippen LogP contribution in [-0.2, 0) is 4.74 Å². The van der Waals surface area contributed by atoms with Crippen LogP contribution >= 0.6 is 0 Å². The van der Waals surface area contributed by atoms with Gasteiger partial charge in [-0.25, -0.2) is 9.37 Å². The number of primary amides is 1. The number of benzene rings is 2. The normalized spacial score (nSPS) is 14.5. The molecule has 0 saturated carbocycles. The Kier molecular flexibility index (Phi) is 4.36. The van der Waals surface area contributed by atoms with E-state index in [0.29, 0.717) is 65.3 Å². The molecule has 4 aromatic rings. The average molecular weight is 405 g/mol. The van der Waals surface area contributed by atoms with Gasteiger partial charge in [0.25, 0.3) is 5.91 Å². The summed E-state index contributed by atoms with van der Waals surface area (Å²) in [6.07, 6.45) is 1.21. The number of pyridine rings is 1. The second kappa shape index (κ2) is 7.07. The number of nitrogens with zero attached hydrogens (tertiary/aromatic N) is 4. The van der Waals surface area contributed by atoms with Crippen LogP contribution in [0.15, 0.2) is 42.6 Å². The molecule has 0 spiro atoms. The largest absolute Gasteiger partial charge is 0.378 e. The van der Waals surface area contributed by atoms with Crippen LogP contribution in [0.4, 0.5) is 10.1 Å². The molecule has 7 nitrogen and oxygen atoms in total. The van der Waals surface area contributed by atoms with Gasteiger partial charge < -0.3 is 15.4 Å². The predicted octanol–water partition coefficient (Wildman–Crippen LogP) is 2.96. The number of fused-ring (bicyclic) bond motifs is 2. The summed E-state index contributed by atoms with van der Waals surface area (Å²) in [6, 6.07) is 11.1. The lowest BCUT2D eigenvalue weighted by Gasteiger charge is -2.29. The van der Waals surface area contributed by atoms with Gasteiger partial charge in [-0.15, -0.1) is 0 Å². The van der Waals surface area contributed by atoms with Gasteiger partial charge in [-0.05, 0) is 25.1 Å². The molecule has 0 atom stereocenters. The molecule has 8 heteroatoms.